The molecule has 1 N–H and O–H groups in total. The largest absolute Gasteiger partial charge is 0.313 e. The van der Waals surface area contributed by atoms with Crippen LogP contribution in [0.5, 0.6) is 0 Å². The molecule has 0 amide bonds. The monoisotopic (exact) mass is 258 g/mol. The lowest BCUT2D eigenvalue weighted by Gasteiger charge is -2.31. The molecule has 1 aromatic rings. The molecular weight excluding hydrogens is 232 g/mol. The van der Waals surface area contributed by atoms with E-state index in [-0.39, 0.29) is 0 Å². The summed E-state index contributed by atoms with van der Waals surface area (Å²) in [5, 5.41) is 3.57. The van der Waals surface area contributed by atoms with E-state index in [1.54, 1.807) is 5.56 Å². The molecule has 1 saturated heterocycles. The van der Waals surface area contributed by atoms with Gasteiger partial charge < -0.3 is 5.32 Å². The Hall–Kier alpha value is -0.860. The average Bonchev–Trinajstić information content (AvgIpc) is 2.76. The fraction of sp³-hybridized carbons (Fsp3) is 0.647. The quantitative estimate of drug-likeness (QED) is 0.831. The number of nitrogens with one attached hydrogen (secondary N) is 1. The van der Waals surface area contributed by atoms with Gasteiger partial charge in [0.25, 0.3) is 0 Å². The number of likely N-dealkylation sites (tertiary alicyclic amines) is 1. The van der Waals surface area contributed by atoms with Crippen molar-refractivity contribution >= 4 is 0 Å². The van der Waals surface area contributed by atoms with Crippen molar-refractivity contribution in [2.45, 2.75) is 45.2 Å². The fourth-order valence-electron chi connectivity index (χ4n) is 3.61. The van der Waals surface area contributed by atoms with Crippen LogP contribution in [0.1, 0.15) is 49.8 Å². The highest BCUT2D eigenvalue weighted by Crippen LogP contribution is 2.31. The van der Waals surface area contributed by atoms with E-state index in [2.05, 4.69) is 41.4 Å². The molecule has 0 radical (unpaired) electrons. The van der Waals surface area contributed by atoms with Crippen molar-refractivity contribution in [1.29, 1.82) is 0 Å². The van der Waals surface area contributed by atoms with Crippen LogP contribution in [0.2, 0.25) is 0 Å². The molecule has 104 valence electrons. The van der Waals surface area contributed by atoms with Gasteiger partial charge in [-0.3, -0.25) is 4.90 Å². The van der Waals surface area contributed by atoms with Gasteiger partial charge in [-0.25, -0.2) is 0 Å². The Morgan fingerprint density at radius 3 is 2.95 bits per heavy atom. The lowest BCUT2D eigenvalue weighted by atomic mass is 9.97. The molecule has 2 unspecified atom stereocenters. The van der Waals surface area contributed by atoms with Crippen molar-refractivity contribution in [3.63, 3.8) is 0 Å². The van der Waals surface area contributed by atoms with E-state index in [9.17, 15) is 0 Å². The van der Waals surface area contributed by atoms with Gasteiger partial charge >= 0.3 is 0 Å². The van der Waals surface area contributed by atoms with Crippen LogP contribution >= 0.6 is 0 Å². The van der Waals surface area contributed by atoms with Crippen molar-refractivity contribution in [3.05, 3.63) is 35.4 Å². The van der Waals surface area contributed by atoms with Gasteiger partial charge in [-0.2, -0.15) is 0 Å². The molecule has 2 heteroatoms. The van der Waals surface area contributed by atoms with Crippen LogP contribution in [0.15, 0.2) is 24.3 Å². The Bertz CT molecular complexity index is 415. The van der Waals surface area contributed by atoms with Gasteiger partial charge in [0.15, 0.2) is 0 Å². The second-order valence-electron chi connectivity index (χ2n) is 6.25. The van der Waals surface area contributed by atoms with E-state index in [1.807, 2.05) is 0 Å². The lowest BCUT2D eigenvalue weighted by Crippen LogP contribution is -2.31. The molecule has 3 rings (SSSR count). The summed E-state index contributed by atoms with van der Waals surface area (Å²) < 4.78 is 0. The van der Waals surface area contributed by atoms with Crippen LogP contribution in [0.4, 0.5) is 0 Å². The van der Waals surface area contributed by atoms with Crippen LogP contribution in [-0.2, 0) is 6.54 Å². The van der Waals surface area contributed by atoms with Gasteiger partial charge in [0, 0.05) is 12.6 Å². The van der Waals surface area contributed by atoms with Gasteiger partial charge in [0.1, 0.15) is 0 Å². The maximum atomic E-state index is 3.57. The van der Waals surface area contributed by atoms with E-state index < -0.39 is 0 Å². The first-order chi connectivity index (χ1) is 9.34. The topological polar surface area (TPSA) is 15.3 Å². The minimum Gasteiger partial charge on any atom is -0.313 e. The van der Waals surface area contributed by atoms with Gasteiger partial charge in [-0.05, 0) is 62.4 Å². The first-order valence-corrected chi connectivity index (χ1v) is 7.87. The number of fused-ring (bicyclic) bond motifs is 1. The molecule has 1 fully saturated rings. The zero-order valence-electron chi connectivity index (χ0n) is 12.1. The zero-order chi connectivity index (χ0) is 13.1. The molecule has 19 heavy (non-hydrogen) atoms. The maximum absolute atomic E-state index is 3.57. The highest BCUT2D eigenvalue weighted by molar-refractivity contribution is 5.31. The van der Waals surface area contributed by atoms with Crippen molar-refractivity contribution < 1.29 is 0 Å². The molecule has 0 bridgehead atoms. The minimum absolute atomic E-state index is 0.636. The molecule has 0 aliphatic carbocycles. The molecular formula is C17H26N2. The Kier molecular flexibility index (Phi) is 4.19. The van der Waals surface area contributed by atoms with Crippen molar-refractivity contribution in [3.8, 4) is 0 Å². The molecule has 2 atom stereocenters. The summed E-state index contributed by atoms with van der Waals surface area (Å²) in [6, 6.07) is 9.66. The van der Waals surface area contributed by atoms with Gasteiger partial charge in [0.2, 0.25) is 0 Å². The van der Waals surface area contributed by atoms with E-state index in [0.717, 1.165) is 19.0 Å². The fourth-order valence-corrected chi connectivity index (χ4v) is 3.61. The molecule has 2 aliphatic heterocycles. The highest BCUT2D eigenvalue weighted by atomic mass is 15.2. The zero-order valence-corrected chi connectivity index (χ0v) is 12.1. The molecule has 0 aromatic heterocycles. The van der Waals surface area contributed by atoms with Gasteiger partial charge in [-0.1, -0.05) is 31.2 Å². The molecule has 2 heterocycles. The number of hydrogen-bond acceptors (Lipinski definition) is 2. The number of rotatable bonds is 1. The summed E-state index contributed by atoms with van der Waals surface area (Å²) in [6.07, 6.45) is 5.40. The van der Waals surface area contributed by atoms with Crippen molar-refractivity contribution in [1.82, 2.24) is 10.2 Å². The summed E-state index contributed by atoms with van der Waals surface area (Å²) >= 11 is 0. The summed E-state index contributed by atoms with van der Waals surface area (Å²) in [4.78, 5) is 2.75. The third kappa shape index (κ3) is 3.01. The predicted molar refractivity (Wildman–Crippen MR) is 80.1 cm³/mol. The average molecular weight is 258 g/mol. The summed E-state index contributed by atoms with van der Waals surface area (Å²) in [5.74, 6) is 0.907. The van der Waals surface area contributed by atoms with Gasteiger partial charge in [0.05, 0.1) is 0 Å². The lowest BCUT2D eigenvalue weighted by molar-refractivity contribution is 0.194. The Balaban J connectivity index is 1.83. The van der Waals surface area contributed by atoms with E-state index in [0.29, 0.717) is 6.04 Å². The number of hydrogen-bond donors (Lipinski definition) is 1. The van der Waals surface area contributed by atoms with Crippen LogP contribution in [0.25, 0.3) is 0 Å². The van der Waals surface area contributed by atoms with Crippen LogP contribution in [0.3, 0.4) is 0 Å². The van der Waals surface area contributed by atoms with E-state index >= 15 is 0 Å². The summed E-state index contributed by atoms with van der Waals surface area (Å²) in [6.45, 7) is 7.15. The van der Waals surface area contributed by atoms with Crippen molar-refractivity contribution in [2.75, 3.05) is 19.6 Å². The summed E-state index contributed by atoms with van der Waals surface area (Å²) in [5.41, 5.74) is 3.07. The van der Waals surface area contributed by atoms with Crippen LogP contribution < -0.4 is 5.32 Å². The Labute approximate surface area is 117 Å². The summed E-state index contributed by atoms with van der Waals surface area (Å²) in [7, 11) is 0. The van der Waals surface area contributed by atoms with E-state index in [4.69, 9.17) is 0 Å². The molecule has 0 spiro atoms. The Morgan fingerprint density at radius 1 is 1.11 bits per heavy atom. The predicted octanol–water partition coefficient (Wildman–Crippen LogP) is 3.34. The molecule has 2 nitrogen and oxygen atoms in total. The minimum atomic E-state index is 0.636. The highest BCUT2D eigenvalue weighted by Gasteiger charge is 2.25. The van der Waals surface area contributed by atoms with E-state index in [1.165, 1.54) is 44.3 Å². The first-order valence-electron chi connectivity index (χ1n) is 7.87. The smallest absolute Gasteiger partial charge is 0.0363 e. The second kappa shape index (κ2) is 6.06. The SMILES string of the molecule is CC1CCCN(C2CCNCc3ccccc32)CC1. The molecule has 2 aliphatic rings. The number of nitrogens with zero attached hydrogens (tertiary/aromatic N) is 1. The van der Waals surface area contributed by atoms with Crippen molar-refractivity contribution in [2.24, 2.45) is 5.92 Å². The number of benzene rings is 1. The standard InChI is InChI=1S/C17H26N2/c1-14-5-4-11-19(12-9-14)17-8-10-18-13-15-6-2-3-7-16(15)17/h2-3,6-7,14,17-18H,4-5,8-13H2,1H3. The normalized spacial score (nSPS) is 29.3. The third-order valence-corrected chi connectivity index (χ3v) is 4.82. The first kappa shape index (κ1) is 13.1. The third-order valence-electron chi connectivity index (χ3n) is 4.82. The van der Waals surface area contributed by atoms with Crippen LogP contribution in [-0.4, -0.2) is 24.5 Å². The molecule has 0 saturated carbocycles. The Morgan fingerprint density at radius 2 is 2.00 bits per heavy atom. The second-order valence-corrected chi connectivity index (χ2v) is 6.25. The van der Waals surface area contributed by atoms with Crippen LogP contribution in [0, 0.1) is 5.92 Å². The molecule has 1 aromatic carbocycles. The van der Waals surface area contributed by atoms with Gasteiger partial charge in [-0.15, -0.1) is 0 Å². The maximum Gasteiger partial charge on any atom is 0.0363 e.